The van der Waals surface area contributed by atoms with Gasteiger partial charge in [-0.1, -0.05) is 6.92 Å². The normalized spacial score (nSPS) is 47.6. The van der Waals surface area contributed by atoms with Crippen molar-refractivity contribution in [3.63, 3.8) is 0 Å². The van der Waals surface area contributed by atoms with Crippen molar-refractivity contribution in [3.05, 3.63) is 0 Å². The van der Waals surface area contributed by atoms with Gasteiger partial charge in [-0.2, -0.15) is 0 Å². The summed E-state index contributed by atoms with van der Waals surface area (Å²) in [6, 6.07) is 0.528. The van der Waals surface area contributed by atoms with Gasteiger partial charge in [0.25, 0.3) is 0 Å². The van der Waals surface area contributed by atoms with Crippen molar-refractivity contribution in [2.24, 2.45) is 17.4 Å². The standard InChI is InChI=1S/C6H14N2/c1-4-2-3-5(7)6(4)8/h4-6H,2-3,7-8H2,1H3. The highest BCUT2D eigenvalue weighted by Crippen LogP contribution is 2.21. The third-order valence-corrected chi connectivity index (χ3v) is 2.11. The van der Waals surface area contributed by atoms with E-state index in [9.17, 15) is 0 Å². The second-order valence-corrected chi connectivity index (χ2v) is 2.80. The molecule has 0 bridgehead atoms. The lowest BCUT2D eigenvalue weighted by molar-refractivity contribution is 0.497. The Morgan fingerprint density at radius 3 is 2.00 bits per heavy atom. The molecule has 8 heavy (non-hydrogen) atoms. The molecule has 2 nitrogen and oxygen atoms in total. The van der Waals surface area contributed by atoms with Crippen molar-refractivity contribution < 1.29 is 0 Å². The van der Waals surface area contributed by atoms with Crippen LogP contribution >= 0.6 is 0 Å². The van der Waals surface area contributed by atoms with Gasteiger partial charge in [-0.15, -0.1) is 0 Å². The molecule has 4 N–H and O–H groups in total. The molecule has 1 aliphatic carbocycles. The Hall–Kier alpha value is -0.0800. The topological polar surface area (TPSA) is 52.0 Å². The molecule has 3 unspecified atom stereocenters. The summed E-state index contributed by atoms with van der Waals surface area (Å²) < 4.78 is 0. The first kappa shape index (κ1) is 6.05. The highest BCUT2D eigenvalue weighted by molar-refractivity contribution is 4.87. The van der Waals surface area contributed by atoms with Gasteiger partial charge in [0.15, 0.2) is 0 Å². The molecule has 1 rings (SSSR count). The van der Waals surface area contributed by atoms with Crippen LogP contribution in [0.3, 0.4) is 0 Å². The van der Waals surface area contributed by atoms with Gasteiger partial charge in [0.2, 0.25) is 0 Å². The van der Waals surface area contributed by atoms with E-state index in [0.717, 1.165) is 6.42 Å². The molecular formula is C6H14N2. The van der Waals surface area contributed by atoms with E-state index in [1.807, 2.05) is 0 Å². The van der Waals surface area contributed by atoms with Crippen molar-refractivity contribution in [3.8, 4) is 0 Å². The molecule has 0 saturated heterocycles. The lowest BCUT2D eigenvalue weighted by Gasteiger charge is -2.12. The van der Waals surface area contributed by atoms with Crippen LogP contribution in [-0.4, -0.2) is 12.1 Å². The molecule has 0 aromatic rings. The fourth-order valence-corrected chi connectivity index (χ4v) is 1.26. The minimum atomic E-state index is 0.259. The number of nitrogens with two attached hydrogens (primary N) is 2. The van der Waals surface area contributed by atoms with Crippen molar-refractivity contribution in [1.29, 1.82) is 0 Å². The molecular weight excluding hydrogens is 100 g/mol. The first-order chi connectivity index (χ1) is 3.72. The van der Waals surface area contributed by atoms with E-state index in [2.05, 4.69) is 6.92 Å². The second kappa shape index (κ2) is 2.03. The quantitative estimate of drug-likeness (QED) is 0.468. The van der Waals surface area contributed by atoms with E-state index in [4.69, 9.17) is 11.5 Å². The SMILES string of the molecule is CC1CCC(N)C1N. The average Bonchev–Trinajstić information content (AvgIpc) is 1.98. The Morgan fingerprint density at radius 2 is 1.88 bits per heavy atom. The first-order valence-corrected chi connectivity index (χ1v) is 3.23. The van der Waals surface area contributed by atoms with E-state index >= 15 is 0 Å². The van der Waals surface area contributed by atoms with Crippen LogP contribution in [0.15, 0.2) is 0 Å². The lowest BCUT2D eigenvalue weighted by Crippen LogP contribution is -2.39. The first-order valence-electron chi connectivity index (χ1n) is 3.23. The monoisotopic (exact) mass is 114 g/mol. The van der Waals surface area contributed by atoms with Crippen LogP contribution in [0.1, 0.15) is 19.8 Å². The Morgan fingerprint density at radius 1 is 1.25 bits per heavy atom. The Bertz CT molecular complexity index is 72.6. The van der Waals surface area contributed by atoms with E-state index < -0.39 is 0 Å². The Balaban J connectivity index is 2.44. The Kier molecular flexibility index (Phi) is 1.54. The lowest BCUT2D eigenvalue weighted by atomic mass is 10.1. The summed E-state index contributed by atoms with van der Waals surface area (Å²) >= 11 is 0. The average molecular weight is 114 g/mol. The van der Waals surface area contributed by atoms with Crippen molar-refractivity contribution in [2.45, 2.75) is 31.8 Å². The summed E-state index contributed by atoms with van der Waals surface area (Å²) in [5.74, 6) is 0.644. The molecule has 2 heteroatoms. The maximum atomic E-state index is 5.70. The third kappa shape index (κ3) is 0.858. The molecule has 1 aliphatic rings. The van der Waals surface area contributed by atoms with E-state index in [1.54, 1.807) is 0 Å². The zero-order valence-electron chi connectivity index (χ0n) is 5.30. The summed E-state index contributed by atoms with van der Waals surface area (Å²) in [7, 11) is 0. The molecule has 0 aliphatic heterocycles. The number of rotatable bonds is 0. The molecule has 1 saturated carbocycles. The maximum Gasteiger partial charge on any atom is 0.0218 e. The molecule has 0 spiro atoms. The van der Waals surface area contributed by atoms with E-state index in [0.29, 0.717) is 5.92 Å². The van der Waals surface area contributed by atoms with E-state index in [-0.39, 0.29) is 12.1 Å². The number of hydrogen-bond donors (Lipinski definition) is 2. The smallest absolute Gasteiger partial charge is 0.0218 e. The summed E-state index contributed by atoms with van der Waals surface area (Å²) in [4.78, 5) is 0. The molecule has 0 aromatic heterocycles. The highest BCUT2D eigenvalue weighted by atomic mass is 14.8. The third-order valence-electron chi connectivity index (χ3n) is 2.11. The molecule has 0 amide bonds. The van der Waals surface area contributed by atoms with Crippen LogP contribution in [-0.2, 0) is 0 Å². The van der Waals surface area contributed by atoms with Gasteiger partial charge < -0.3 is 11.5 Å². The molecule has 48 valence electrons. The zero-order valence-corrected chi connectivity index (χ0v) is 5.30. The van der Waals surface area contributed by atoms with Crippen molar-refractivity contribution in [2.75, 3.05) is 0 Å². The predicted octanol–water partition coefficient (Wildman–Crippen LogP) is 0.0709. The summed E-state index contributed by atoms with van der Waals surface area (Å²) in [6.45, 7) is 2.16. The van der Waals surface area contributed by atoms with Crippen LogP contribution in [0, 0.1) is 5.92 Å². The predicted molar refractivity (Wildman–Crippen MR) is 34.3 cm³/mol. The van der Waals surface area contributed by atoms with Gasteiger partial charge in [0.05, 0.1) is 0 Å². The van der Waals surface area contributed by atoms with E-state index in [1.165, 1.54) is 6.42 Å². The molecule has 3 atom stereocenters. The number of hydrogen-bond acceptors (Lipinski definition) is 2. The highest BCUT2D eigenvalue weighted by Gasteiger charge is 2.26. The van der Waals surface area contributed by atoms with Gasteiger partial charge in [0, 0.05) is 12.1 Å². The van der Waals surface area contributed by atoms with Crippen LogP contribution in [0.5, 0.6) is 0 Å². The molecule has 0 heterocycles. The van der Waals surface area contributed by atoms with Crippen LogP contribution in [0.4, 0.5) is 0 Å². The van der Waals surface area contributed by atoms with Gasteiger partial charge in [-0.3, -0.25) is 0 Å². The Labute approximate surface area is 50.2 Å². The molecule has 0 radical (unpaired) electrons. The van der Waals surface area contributed by atoms with Gasteiger partial charge in [-0.25, -0.2) is 0 Å². The fraction of sp³-hybridized carbons (Fsp3) is 1.00. The van der Waals surface area contributed by atoms with Crippen molar-refractivity contribution in [1.82, 2.24) is 0 Å². The molecule has 1 fully saturated rings. The molecule has 0 aromatic carbocycles. The van der Waals surface area contributed by atoms with Gasteiger partial charge in [-0.05, 0) is 18.8 Å². The van der Waals surface area contributed by atoms with Crippen LogP contribution in [0.2, 0.25) is 0 Å². The maximum absolute atomic E-state index is 5.70. The zero-order chi connectivity index (χ0) is 6.15. The minimum absolute atomic E-state index is 0.259. The minimum Gasteiger partial charge on any atom is -0.326 e. The summed E-state index contributed by atoms with van der Waals surface area (Å²) in [5, 5.41) is 0. The largest absolute Gasteiger partial charge is 0.326 e. The van der Waals surface area contributed by atoms with Crippen molar-refractivity contribution >= 4 is 0 Å². The second-order valence-electron chi connectivity index (χ2n) is 2.80. The van der Waals surface area contributed by atoms with Crippen LogP contribution < -0.4 is 11.5 Å². The summed E-state index contributed by atoms with van der Waals surface area (Å²) in [5.41, 5.74) is 11.3. The van der Waals surface area contributed by atoms with Gasteiger partial charge >= 0.3 is 0 Å². The fourth-order valence-electron chi connectivity index (χ4n) is 1.26. The van der Waals surface area contributed by atoms with Gasteiger partial charge in [0.1, 0.15) is 0 Å². The summed E-state index contributed by atoms with van der Waals surface area (Å²) in [6.07, 6.45) is 2.32. The van der Waals surface area contributed by atoms with Crippen LogP contribution in [0.25, 0.3) is 0 Å².